The third-order valence-corrected chi connectivity index (χ3v) is 3.29. The Morgan fingerprint density at radius 2 is 1.88 bits per heavy atom. The molecule has 0 saturated carbocycles. The van der Waals surface area contributed by atoms with Gasteiger partial charge in [0.2, 0.25) is 0 Å². The van der Waals surface area contributed by atoms with Gasteiger partial charge < -0.3 is 0 Å². The summed E-state index contributed by atoms with van der Waals surface area (Å²) in [5, 5.41) is 8.73. The highest BCUT2D eigenvalue weighted by molar-refractivity contribution is 9.25. The lowest BCUT2D eigenvalue weighted by Crippen LogP contribution is -2.10. The van der Waals surface area contributed by atoms with Crippen molar-refractivity contribution < 1.29 is 13.2 Å². The van der Waals surface area contributed by atoms with E-state index in [9.17, 15) is 13.2 Å². The van der Waals surface area contributed by atoms with E-state index in [1.807, 2.05) is 6.07 Å². The monoisotopic (exact) mass is 369 g/mol. The van der Waals surface area contributed by atoms with Gasteiger partial charge in [0.15, 0.2) is 3.23 Å². The Labute approximate surface area is 114 Å². The van der Waals surface area contributed by atoms with Crippen molar-refractivity contribution in [2.24, 2.45) is 0 Å². The van der Waals surface area contributed by atoms with Gasteiger partial charge in [-0.2, -0.15) is 18.4 Å². The number of nitrogens with zero attached hydrogens (tertiary/aromatic N) is 1. The Kier molecular flexibility index (Phi) is 4.62. The molecule has 0 atom stereocenters. The van der Waals surface area contributed by atoms with E-state index < -0.39 is 15.0 Å². The first-order valence-electron chi connectivity index (χ1n) is 4.70. The largest absolute Gasteiger partial charge is 0.416 e. The fourth-order valence-corrected chi connectivity index (χ4v) is 1.66. The molecule has 1 aromatic rings. The molecule has 0 aliphatic heterocycles. The van der Waals surface area contributed by atoms with Crippen LogP contribution in [0.1, 0.15) is 17.5 Å². The Balaban J connectivity index is 2.78. The minimum absolute atomic E-state index is 0.380. The highest BCUT2D eigenvalue weighted by atomic mass is 79.9. The van der Waals surface area contributed by atoms with E-state index in [-0.39, 0.29) is 0 Å². The zero-order chi connectivity index (χ0) is 13.1. The second-order valence-electron chi connectivity index (χ2n) is 3.51. The Morgan fingerprint density at radius 3 is 2.41 bits per heavy atom. The summed E-state index contributed by atoms with van der Waals surface area (Å²) in [5.41, 5.74) is -0.111. The molecule has 0 bridgehead atoms. The van der Waals surface area contributed by atoms with Crippen LogP contribution in [0.5, 0.6) is 0 Å². The first-order chi connectivity index (χ1) is 7.74. The van der Waals surface area contributed by atoms with Crippen LogP contribution in [0.15, 0.2) is 24.3 Å². The van der Waals surface area contributed by atoms with Crippen molar-refractivity contribution >= 4 is 31.9 Å². The quantitative estimate of drug-likeness (QED) is 0.710. The van der Waals surface area contributed by atoms with Crippen LogP contribution < -0.4 is 0 Å². The lowest BCUT2D eigenvalue weighted by atomic mass is 10.1. The first kappa shape index (κ1) is 14.5. The van der Waals surface area contributed by atoms with Crippen molar-refractivity contribution in [2.45, 2.75) is 22.3 Å². The number of alkyl halides is 5. The molecule has 6 heteroatoms. The molecule has 0 saturated heterocycles. The average molecular weight is 371 g/mol. The zero-order valence-corrected chi connectivity index (χ0v) is 11.7. The van der Waals surface area contributed by atoms with Gasteiger partial charge in [0.1, 0.15) is 0 Å². The SMILES string of the molecule is N#CC(Br)(Br)CCc1cccc(C(F)(F)F)c1. The predicted octanol–water partition coefficient (Wildman–Crippen LogP) is 4.65. The van der Waals surface area contributed by atoms with Crippen LogP contribution in [0.4, 0.5) is 13.2 Å². The highest BCUT2D eigenvalue weighted by Crippen LogP contribution is 2.32. The van der Waals surface area contributed by atoms with Crippen molar-refractivity contribution in [1.29, 1.82) is 5.26 Å². The van der Waals surface area contributed by atoms with Gasteiger partial charge in [-0.25, -0.2) is 0 Å². The van der Waals surface area contributed by atoms with Gasteiger partial charge in [-0.15, -0.1) is 0 Å². The Morgan fingerprint density at radius 1 is 1.24 bits per heavy atom. The summed E-state index contributed by atoms with van der Waals surface area (Å²) in [7, 11) is 0. The molecule has 0 fully saturated rings. The van der Waals surface area contributed by atoms with Crippen LogP contribution in [0, 0.1) is 11.3 Å². The van der Waals surface area contributed by atoms with Crippen molar-refractivity contribution in [3.63, 3.8) is 0 Å². The van der Waals surface area contributed by atoms with Crippen molar-refractivity contribution in [3.8, 4) is 6.07 Å². The third-order valence-electron chi connectivity index (χ3n) is 2.15. The van der Waals surface area contributed by atoms with Crippen LogP contribution >= 0.6 is 31.9 Å². The number of aryl methyl sites for hydroxylation is 1. The summed E-state index contributed by atoms with van der Waals surface area (Å²) in [6, 6.07) is 7.09. The third kappa shape index (κ3) is 4.68. The maximum Gasteiger partial charge on any atom is 0.416 e. The summed E-state index contributed by atoms with van der Waals surface area (Å²) in [4.78, 5) is 0. The van der Waals surface area contributed by atoms with E-state index in [0.29, 0.717) is 18.4 Å². The topological polar surface area (TPSA) is 23.8 Å². The number of benzene rings is 1. The van der Waals surface area contributed by atoms with Gasteiger partial charge >= 0.3 is 6.18 Å². The molecule has 1 nitrogen and oxygen atoms in total. The van der Waals surface area contributed by atoms with E-state index in [0.717, 1.165) is 12.1 Å². The fraction of sp³-hybridized carbons (Fsp3) is 0.364. The highest BCUT2D eigenvalue weighted by Gasteiger charge is 2.30. The van der Waals surface area contributed by atoms with Gasteiger partial charge in [-0.1, -0.05) is 50.1 Å². The van der Waals surface area contributed by atoms with Crippen molar-refractivity contribution in [2.75, 3.05) is 0 Å². The van der Waals surface area contributed by atoms with E-state index >= 15 is 0 Å². The van der Waals surface area contributed by atoms with Gasteiger partial charge in [0.05, 0.1) is 11.6 Å². The van der Waals surface area contributed by atoms with Crippen LogP contribution in [-0.2, 0) is 12.6 Å². The minimum atomic E-state index is -4.33. The normalized spacial score (nSPS) is 12.2. The maximum absolute atomic E-state index is 12.4. The van der Waals surface area contributed by atoms with Crippen LogP contribution in [0.25, 0.3) is 0 Å². The van der Waals surface area contributed by atoms with Gasteiger partial charge in [-0.3, -0.25) is 0 Å². The molecule has 0 heterocycles. The van der Waals surface area contributed by atoms with Crippen LogP contribution in [-0.4, -0.2) is 3.23 Å². The number of nitriles is 1. The zero-order valence-electron chi connectivity index (χ0n) is 8.56. The average Bonchev–Trinajstić information content (AvgIpc) is 2.26. The minimum Gasteiger partial charge on any atom is -0.196 e. The number of rotatable bonds is 3. The molecule has 1 aromatic carbocycles. The molecule has 0 radical (unpaired) electrons. The summed E-state index contributed by atoms with van der Waals surface area (Å²) in [5.74, 6) is 0. The summed E-state index contributed by atoms with van der Waals surface area (Å²) in [6.07, 6.45) is -3.57. The molecule has 0 aromatic heterocycles. The molecule has 1 rings (SSSR count). The number of hydrogen-bond donors (Lipinski definition) is 0. The van der Waals surface area contributed by atoms with Gasteiger partial charge in [0, 0.05) is 0 Å². The summed E-state index contributed by atoms with van der Waals surface area (Å²) >= 11 is 6.26. The second-order valence-corrected chi connectivity index (χ2v) is 7.29. The molecule has 0 spiro atoms. The van der Waals surface area contributed by atoms with E-state index in [1.54, 1.807) is 6.07 Å². The molecule has 17 heavy (non-hydrogen) atoms. The molecule has 0 N–H and O–H groups in total. The standard InChI is InChI=1S/C11H8Br2F3N/c12-10(13,7-17)5-4-8-2-1-3-9(6-8)11(14,15)16/h1-3,6H,4-5H2. The molecular weight excluding hydrogens is 363 g/mol. The number of hydrogen-bond acceptors (Lipinski definition) is 1. The van der Waals surface area contributed by atoms with Crippen LogP contribution in [0.3, 0.4) is 0 Å². The molecule has 0 unspecified atom stereocenters. The second kappa shape index (κ2) is 5.40. The lowest BCUT2D eigenvalue weighted by Gasteiger charge is -2.12. The van der Waals surface area contributed by atoms with E-state index in [2.05, 4.69) is 31.9 Å². The molecule has 0 aliphatic rings. The van der Waals surface area contributed by atoms with E-state index in [4.69, 9.17) is 5.26 Å². The first-order valence-corrected chi connectivity index (χ1v) is 6.28. The molecule has 0 aliphatic carbocycles. The van der Waals surface area contributed by atoms with E-state index in [1.165, 1.54) is 6.07 Å². The molecule has 0 amide bonds. The summed E-state index contributed by atoms with van der Waals surface area (Å²) < 4.78 is 36.4. The van der Waals surface area contributed by atoms with Crippen molar-refractivity contribution in [3.05, 3.63) is 35.4 Å². The molecule has 92 valence electrons. The van der Waals surface area contributed by atoms with Crippen molar-refractivity contribution in [1.82, 2.24) is 0 Å². The maximum atomic E-state index is 12.4. The fourth-order valence-electron chi connectivity index (χ4n) is 1.26. The smallest absolute Gasteiger partial charge is 0.196 e. The summed E-state index contributed by atoms with van der Waals surface area (Å²) in [6.45, 7) is 0. The Hall–Kier alpha value is -0.540. The van der Waals surface area contributed by atoms with Crippen LogP contribution in [0.2, 0.25) is 0 Å². The molecular formula is C11H8Br2F3N. The number of halogens is 5. The lowest BCUT2D eigenvalue weighted by molar-refractivity contribution is -0.137. The predicted molar refractivity (Wildman–Crippen MR) is 66.0 cm³/mol. The van der Waals surface area contributed by atoms with Gasteiger partial charge in [0.25, 0.3) is 0 Å². The Bertz CT molecular complexity index is 435. The van der Waals surface area contributed by atoms with Gasteiger partial charge in [-0.05, 0) is 24.5 Å².